The van der Waals surface area contributed by atoms with Crippen LogP contribution in [-0.4, -0.2) is 53.6 Å². The number of ether oxygens (including phenoxy) is 4. The molecule has 0 aliphatic carbocycles. The molecule has 1 unspecified atom stereocenters. The highest BCUT2D eigenvalue weighted by Crippen LogP contribution is 2.34. The van der Waals surface area contributed by atoms with E-state index in [1.54, 1.807) is 34.5 Å². The molecule has 0 saturated carbocycles. The van der Waals surface area contributed by atoms with Crippen molar-refractivity contribution < 1.29 is 18.9 Å². The van der Waals surface area contributed by atoms with Crippen molar-refractivity contribution in [1.82, 2.24) is 10.6 Å². The molecule has 7 nitrogen and oxygen atoms in total. The third-order valence-corrected chi connectivity index (χ3v) is 3.34. The molecule has 0 bridgehead atoms. The van der Waals surface area contributed by atoms with Crippen LogP contribution >= 0.6 is 24.0 Å². The molecule has 144 valence electrons. The third kappa shape index (κ3) is 7.55. The van der Waals surface area contributed by atoms with Crippen LogP contribution in [-0.2, 0) is 11.3 Å². The standard InChI is InChI=1S/C17H29N3O4.HI/c1-7-18-17(20-12(2)11-21-3)19-10-13-8-15(23-5)16(24-6)9-14(13)22-4;/h8-9,12H,7,10-11H2,1-6H3,(H2,18,19,20);1H. The molecule has 1 rings (SSSR count). The second kappa shape index (κ2) is 12.9. The molecule has 8 heteroatoms. The van der Waals surface area contributed by atoms with Crippen LogP contribution < -0.4 is 24.8 Å². The fourth-order valence-electron chi connectivity index (χ4n) is 2.23. The quantitative estimate of drug-likeness (QED) is 0.330. The van der Waals surface area contributed by atoms with Gasteiger partial charge in [-0.1, -0.05) is 0 Å². The molecule has 1 aromatic carbocycles. The zero-order valence-electron chi connectivity index (χ0n) is 15.8. The summed E-state index contributed by atoms with van der Waals surface area (Å²) in [6.45, 7) is 5.87. The van der Waals surface area contributed by atoms with Crippen LogP contribution in [0.3, 0.4) is 0 Å². The lowest BCUT2D eigenvalue weighted by molar-refractivity contribution is 0.179. The van der Waals surface area contributed by atoms with E-state index >= 15 is 0 Å². The summed E-state index contributed by atoms with van der Waals surface area (Å²) < 4.78 is 21.2. The van der Waals surface area contributed by atoms with Gasteiger partial charge in [-0.3, -0.25) is 0 Å². The Bertz CT molecular complexity index is 541. The van der Waals surface area contributed by atoms with Crippen LogP contribution in [0.25, 0.3) is 0 Å². The molecule has 0 fully saturated rings. The van der Waals surface area contributed by atoms with E-state index in [2.05, 4.69) is 15.6 Å². The molecule has 0 saturated heterocycles. The van der Waals surface area contributed by atoms with Crippen molar-refractivity contribution >= 4 is 29.9 Å². The van der Waals surface area contributed by atoms with Gasteiger partial charge in [0.25, 0.3) is 0 Å². The van der Waals surface area contributed by atoms with Gasteiger partial charge in [0, 0.05) is 31.3 Å². The van der Waals surface area contributed by atoms with E-state index in [9.17, 15) is 0 Å². The van der Waals surface area contributed by atoms with Gasteiger partial charge in [0.1, 0.15) is 5.75 Å². The minimum absolute atomic E-state index is 0. The van der Waals surface area contributed by atoms with Crippen molar-refractivity contribution in [2.24, 2.45) is 4.99 Å². The summed E-state index contributed by atoms with van der Waals surface area (Å²) in [5, 5.41) is 6.51. The van der Waals surface area contributed by atoms with E-state index in [1.165, 1.54) is 0 Å². The number of guanidine groups is 1. The van der Waals surface area contributed by atoms with Crippen molar-refractivity contribution in [2.45, 2.75) is 26.4 Å². The normalized spacial score (nSPS) is 12.0. The molecule has 0 spiro atoms. The Morgan fingerprint density at radius 1 is 1.04 bits per heavy atom. The van der Waals surface area contributed by atoms with E-state index in [0.717, 1.165) is 18.1 Å². The molecular formula is C17H30IN3O4. The molecule has 1 atom stereocenters. The van der Waals surface area contributed by atoms with Gasteiger partial charge in [0.15, 0.2) is 17.5 Å². The van der Waals surface area contributed by atoms with Crippen LogP contribution in [0.2, 0.25) is 0 Å². The molecule has 0 amide bonds. The topological polar surface area (TPSA) is 73.3 Å². The lowest BCUT2D eigenvalue weighted by atomic mass is 10.1. The van der Waals surface area contributed by atoms with Gasteiger partial charge in [-0.05, 0) is 19.9 Å². The lowest BCUT2D eigenvalue weighted by Gasteiger charge is -2.17. The van der Waals surface area contributed by atoms with Crippen molar-refractivity contribution in [2.75, 3.05) is 41.6 Å². The number of methoxy groups -OCH3 is 4. The smallest absolute Gasteiger partial charge is 0.191 e. The first-order chi connectivity index (χ1) is 11.6. The molecule has 0 aliphatic heterocycles. The van der Waals surface area contributed by atoms with E-state index in [1.807, 2.05) is 19.9 Å². The van der Waals surface area contributed by atoms with Crippen molar-refractivity contribution in [3.8, 4) is 17.2 Å². The number of rotatable bonds is 9. The zero-order valence-corrected chi connectivity index (χ0v) is 18.2. The number of halogens is 1. The first kappa shape index (κ1) is 23.6. The van der Waals surface area contributed by atoms with Crippen LogP contribution in [0.15, 0.2) is 17.1 Å². The predicted molar refractivity (Wildman–Crippen MR) is 111 cm³/mol. The summed E-state index contributed by atoms with van der Waals surface area (Å²) in [5.74, 6) is 2.70. The molecule has 25 heavy (non-hydrogen) atoms. The van der Waals surface area contributed by atoms with Crippen LogP contribution in [0.1, 0.15) is 19.4 Å². The number of aliphatic imine (C=N–C) groups is 1. The van der Waals surface area contributed by atoms with Gasteiger partial charge in [-0.15, -0.1) is 24.0 Å². The maximum absolute atomic E-state index is 5.43. The molecular weight excluding hydrogens is 437 g/mol. The van der Waals surface area contributed by atoms with Crippen molar-refractivity contribution in [3.05, 3.63) is 17.7 Å². The SMILES string of the molecule is CCNC(=NCc1cc(OC)c(OC)cc1OC)NC(C)COC.I. The van der Waals surface area contributed by atoms with E-state index in [0.29, 0.717) is 30.4 Å². The minimum Gasteiger partial charge on any atom is -0.496 e. The first-order valence-corrected chi connectivity index (χ1v) is 7.92. The van der Waals surface area contributed by atoms with Crippen molar-refractivity contribution in [1.29, 1.82) is 0 Å². The second-order valence-corrected chi connectivity index (χ2v) is 5.21. The Hall–Kier alpha value is -1.42. The molecule has 0 aliphatic rings. The second-order valence-electron chi connectivity index (χ2n) is 5.21. The molecule has 2 N–H and O–H groups in total. The van der Waals surface area contributed by atoms with Gasteiger partial charge in [-0.2, -0.15) is 0 Å². The number of nitrogens with zero attached hydrogens (tertiary/aromatic N) is 1. The van der Waals surface area contributed by atoms with Gasteiger partial charge >= 0.3 is 0 Å². The van der Waals surface area contributed by atoms with E-state index in [4.69, 9.17) is 18.9 Å². The average molecular weight is 467 g/mol. The summed E-state index contributed by atoms with van der Waals surface area (Å²) in [4.78, 5) is 4.61. The molecule has 0 aromatic heterocycles. The van der Waals surface area contributed by atoms with Gasteiger partial charge in [-0.25, -0.2) is 4.99 Å². The first-order valence-electron chi connectivity index (χ1n) is 7.92. The Balaban J connectivity index is 0.00000576. The summed E-state index contributed by atoms with van der Waals surface area (Å²) >= 11 is 0. The summed E-state index contributed by atoms with van der Waals surface area (Å²) in [6, 6.07) is 3.83. The Labute approximate surface area is 167 Å². The van der Waals surface area contributed by atoms with Gasteiger partial charge in [0.2, 0.25) is 0 Å². The van der Waals surface area contributed by atoms with Crippen LogP contribution in [0.5, 0.6) is 17.2 Å². The number of hydrogen-bond donors (Lipinski definition) is 2. The Kier molecular flexibility index (Phi) is 12.1. The fraction of sp³-hybridized carbons (Fsp3) is 0.588. The monoisotopic (exact) mass is 467 g/mol. The van der Waals surface area contributed by atoms with Gasteiger partial charge < -0.3 is 29.6 Å². The summed E-state index contributed by atoms with van der Waals surface area (Å²) in [6.07, 6.45) is 0. The highest BCUT2D eigenvalue weighted by atomic mass is 127. The largest absolute Gasteiger partial charge is 0.496 e. The maximum atomic E-state index is 5.43. The third-order valence-electron chi connectivity index (χ3n) is 3.34. The van der Waals surface area contributed by atoms with Crippen molar-refractivity contribution in [3.63, 3.8) is 0 Å². The number of hydrogen-bond acceptors (Lipinski definition) is 5. The van der Waals surface area contributed by atoms with Gasteiger partial charge in [0.05, 0.1) is 34.5 Å². The number of nitrogens with one attached hydrogen (secondary N) is 2. The summed E-state index contributed by atoms with van der Waals surface area (Å²) in [7, 11) is 6.50. The average Bonchev–Trinajstić information content (AvgIpc) is 2.59. The van der Waals surface area contributed by atoms with Crippen LogP contribution in [0.4, 0.5) is 0 Å². The Morgan fingerprint density at radius 2 is 1.64 bits per heavy atom. The molecule has 0 radical (unpaired) electrons. The zero-order chi connectivity index (χ0) is 17.9. The Morgan fingerprint density at radius 3 is 2.16 bits per heavy atom. The molecule has 0 heterocycles. The van der Waals surface area contributed by atoms with Crippen LogP contribution in [0, 0.1) is 0 Å². The predicted octanol–water partition coefficient (Wildman–Crippen LogP) is 2.42. The highest BCUT2D eigenvalue weighted by Gasteiger charge is 2.12. The number of benzene rings is 1. The fourth-order valence-corrected chi connectivity index (χ4v) is 2.23. The molecule has 1 aromatic rings. The summed E-state index contributed by atoms with van der Waals surface area (Å²) in [5.41, 5.74) is 0.909. The minimum atomic E-state index is 0. The van der Waals surface area contributed by atoms with E-state index in [-0.39, 0.29) is 30.0 Å². The highest BCUT2D eigenvalue weighted by molar-refractivity contribution is 14.0. The van der Waals surface area contributed by atoms with E-state index < -0.39 is 0 Å². The maximum Gasteiger partial charge on any atom is 0.191 e. The lowest BCUT2D eigenvalue weighted by Crippen LogP contribution is -2.43.